The van der Waals surface area contributed by atoms with Crippen molar-refractivity contribution >= 4 is 18.2 Å². The summed E-state index contributed by atoms with van der Waals surface area (Å²) in [5, 5.41) is 3.26. The van der Waals surface area contributed by atoms with E-state index in [9.17, 15) is 4.79 Å². The summed E-state index contributed by atoms with van der Waals surface area (Å²) in [7, 11) is 3.85. The van der Waals surface area contributed by atoms with Crippen LogP contribution in [0.15, 0.2) is 17.2 Å². The lowest BCUT2D eigenvalue weighted by molar-refractivity contribution is -0.412. The Bertz CT molecular complexity index is 569. The monoisotopic (exact) mass is 295 g/mol. The number of likely N-dealkylation sites (N-methyl/N-ethyl adjacent to an activating group) is 1. The van der Waals surface area contributed by atoms with Gasteiger partial charge in [0.05, 0.1) is 6.20 Å². The van der Waals surface area contributed by atoms with E-state index in [1.807, 2.05) is 49.9 Å². The maximum Gasteiger partial charge on any atom is 0.292 e. The van der Waals surface area contributed by atoms with E-state index in [-0.39, 0.29) is 11.2 Å². The Hall–Kier alpha value is -2.18. The van der Waals surface area contributed by atoms with E-state index in [2.05, 4.69) is 12.0 Å². The third-order valence-electron chi connectivity index (χ3n) is 3.20. The first-order valence-corrected chi connectivity index (χ1v) is 7.17. The molecule has 21 heavy (non-hydrogen) atoms. The minimum Gasteiger partial charge on any atom is -0.391 e. The summed E-state index contributed by atoms with van der Waals surface area (Å²) < 4.78 is 5.27. The molecule has 0 unspecified atom stereocenters. The Labute approximate surface area is 125 Å². The fraction of sp³-hybridized carbons (Fsp3) is 0.571. The molecule has 0 saturated heterocycles. The zero-order valence-electron chi connectivity index (χ0n) is 13.5. The molecule has 0 radical (unpaired) electrons. The molecule has 0 atom stereocenters. The first-order valence-electron chi connectivity index (χ1n) is 7.17. The van der Waals surface area contributed by atoms with Gasteiger partial charge in [0.15, 0.2) is 6.20 Å². The number of anilines is 2. The highest BCUT2D eigenvalue weighted by Gasteiger charge is 2.15. The van der Waals surface area contributed by atoms with Gasteiger partial charge in [-0.15, -0.1) is 0 Å². The molecule has 7 nitrogen and oxygen atoms in total. The Morgan fingerprint density at radius 2 is 2.00 bits per heavy atom. The van der Waals surface area contributed by atoms with E-state index in [1.165, 1.54) is 0 Å². The van der Waals surface area contributed by atoms with Gasteiger partial charge in [-0.2, -0.15) is 0 Å². The summed E-state index contributed by atoms with van der Waals surface area (Å²) in [5.74, 6) is 0.705. The summed E-state index contributed by atoms with van der Waals surface area (Å²) in [6.07, 6.45) is 3.83. The standard InChI is InChI=1S/C14H26N6O/c1-6-19-13(12(15)14(21)20(19)7-2)16-8-9-18(5)11-10-17(3)4/h10-11H,3,6-9,15H2,1-2,4-5H3/p+1/b11-10-. The Morgan fingerprint density at radius 3 is 2.52 bits per heavy atom. The van der Waals surface area contributed by atoms with E-state index >= 15 is 0 Å². The van der Waals surface area contributed by atoms with Crippen LogP contribution in [0.3, 0.4) is 0 Å². The van der Waals surface area contributed by atoms with Gasteiger partial charge in [-0.05, 0) is 13.8 Å². The molecule has 0 aliphatic carbocycles. The van der Waals surface area contributed by atoms with Gasteiger partial charge in [0.2, 0.25) is 0 Å². The van der Waals surface area contributed by atoms with Gasteiger partial charge < -0.3 is 16.0 Å². The zero-order valence-corrected chi connectivity index (χ0v) is 13.5. The van der Waals surface area contributed by atoms with Crippen molar-refractivity contribution in [3.63, 3.8) is 0 Å². The van der Waals surface area contributed by atoms with Gasteiger partial charge in [0.1, 0.15) is 25.3 Å². The summed E-state index contributed by atoms with van der Waals surface area (Å²) in [5.41, 5.74) is 6.07. The number of hydrogen-bond donors (Lipinski definition) is 2. The van der Waals surface area contributed by atoms with Crippen molar-refractivity contribution in [3.8, 4) is 0 Å². The Balaban J connectivity index is 2.72. The predicted molar refractivity (Wildman–Crippen MR) is 88.0 cm³/mol. The molecule has 3 N–H and O–H groups in total. The van der Waals surface area contributed by atoms with Gasteiger partial charge in [0.25, 0.3) is 5.56 Å². The second kappa shape index (κ2) is 7.56. The number of rotatable bonds is 8. The fourth-order valence-corrected chi connectivity index (χ4v) is 2.09. The van der Waals surface area contributed by atoms with Crippen LogP contribution < -0.4 is 16.6 Å². The molecule has 0 aliphatic heterocycles. The van der Waals surface area contributed by atoms with Gasteiger partial charge >= 0.3 is 0 Å². The summed E-state index contributed by atoms with van der Waals surface area (Å²) in [6.45, 7) is 10.5. The molecule has 0 aromatic carbocycles. The largest absolute Gasteiger partial charge is 0.391 e. The highest BCUT2D eigenvalue weighted by Crippen LogP contribution is 2.15. The maximum atomic E-state index is 12.0. The summed E-state index contributed by atoms with van der Waals surface area (Å²) in [6, 6.07) is 0. The topological polar surface area (TPSA) is 71.2 Å². The molecule has 0 bridgehead atoms. The number of nitrogens with zero attached hydrogens (tertiary/aromatic N) is 4. The predicted octanol–water partition coefficient (Wildman–Crippen LogP) is 0.430. The first kappa shape index (κ1) is 16.9. The van der Waals surface area contributed by atoms with Gasteiger partial charge in [-0.3, -0.25) is 9.48 Å². The van der Waals surface area contributed by atoms with Crippen LogP contribution in [-0.4, -0.2) is 52.7 Å². The molecular formula is C14H27N6O+. The molecule has 0 spiro atoms. The SMILES string of the molecule is C=[N+](C)/C=C\N(C)CCNc1c(N)c(=O)n(CC)n1CC. The van der Waals surface area contributed by atoms with Crippen LogP contribution >= 0.6 is 0 Å². The smallest absolute Gasteiger partial charge is 0.292 e. The Morgan fingerprint density at radius 1 is 1.38 bits per heavy atom. The quantitative estimate of drug-likeness (QED) is 0.539. The van der Waals surface area contributed by atoms with Gasteiger partial charge in [-0.1, -0.05) is 0 Å². The van der Waals surface area contributed by atoms with Crippen molar-refractivity contribution < 1.29 is 4.58 Å². The van der Waals surface area contributed by atoms with E-state index in [4.69, 9.17) is 5.73 Å². The average molecular weight is 295 g/mol. The minimum atomic E-state index is -0.131. The molecule has 1 rings (SSSR count). The van der Waals surface area contributed by atoms with Gasteiger partial charge in [0, 0.05) is 33.2 Å². The van der Waals surface area contributed by atoms with Crippen molar-refractivity contribution in [2.75, 3.05) is 38.2 Å². The third kappa shape index (κ3) is 4.14. The van der Waals surface area contributed by atoms with Crippen LogP contribution in [0.4, 0.5) is 11.5 Å². The molecule has 0 aliphatic rings. The van der Waals surface area contributed by atoms with Crippen molar-refractivity contribution in [3.05, 3.63) is 22.8 Å². The molecule has 0 saturated carbocycles. The van der Waals surface area contributed by atoms with Crippen LogP contribution in [0.5, 0.6) is 0 Å². The third-order valence-corrected chi connectivity index (χ3v) is 3.20. The molecule has 1 heterocycles. The number of aromatic nitrogens is 2. The maximum absolute atomic E-state index is 12.0. The minimum absolute atomic E-state index is 0.131. The normalized spacial score (nSPS) is 11.0. The molecular weight excluding hydrogens is 268 g/mol. The fourth-order valence-electron chi connectivity index (χ4n) is 2.09. The second-order valence-corrected chi connectivity index (χ2v) is 4.96. The molecule has 1 aromatic heterocycles. The number of nitrogen functional groups attached to an aromatic ring is 1. The first-order chi connectivity index (χ1) is 9.92. The molecule has 1 aromatic rings. The van der Waals surface area contributed by atoms with Crippen LogP contribution in [0.1, 0.15) is 13.8 Å². The second-order valence-electron chi connectivity index (χ2n) is 4.96. The Kier molecular flexibility index (Phi) is 6.08. The molecule has 0 amide bonds. The summed E-state index contributed by atoms with van der Waals surface area (Å²) in [4.78, 5) is 14.1. The average Bonchev–Trinajstić information content (AvgIpc) is 2.68. The van der Waals surface area contributed by atoms with Crippen molar-refractivity contribution in [2.24, 2.45) is 0 Å². The van der Waals surface area contributed by atoms with Crippen LogP contribution in [0.25, 0.3) is 0 Å². The van der Waals surface area contributed by atoms with Crippen molar-refractivity contribution in [2.45, 2.75) is 26.9 Å². The number of nitrogens with one attached hydrogen (secondary N) is 1. The summed E-state index contributed by atoms with van der Waals surface area (Å²) >= 11 is 0. The lowest BCUT2D eigenvalue weighted by Crippen LogP contribution is -2.24. The number of hydrogen-bond acceptors (Lipinski definition) is 4. The van der Waals surface area contributed by atoms with Crippen molar-refractivity contribution in [1.29, 1.82) is 0 Å². The highest BCUT2D eigenvalue weighted by atomic mass is 16.1. The lowest BCUT2D eigenvalue weighted by Gasteiger charge is -2.16. The molecule has 118 valence electrons. The van der Waals surface area contributed by atoms with Crippen molar-refractivity contribution in [1.82, 2.24) is 14.3 Å². The lowest BCUT2D eigenvalue weighted by atomic mass is 10.4. The molecule has 7 heteroatoms. The van der Waals surface area contributed by atoms with E-state index in [0.717, 1.165) is 6.54 Å². The van der Waals surface area contributed by atoms with Crippen LogP contribution in [0.2, 0.25) is 0 Å². The highest BCUT2D eigenvalue weighted by molar-refractivity contribution is 5.61. The zero-order chi connectivity index (χ0) is 16.0. The van der Waals surface area contributed by atoms with E-state index in [1.54, 1.807) is 9.26 Å². The van der Waals surface area contributed by atoms with E-state index in [0.29, 0.717) is 25.5 Å². The van der Waals surface area contributed by atoms with Crippen LogP contribution in [-0.2, 0) is 13.1 Å². The van der Waals surface area contributed by atoms with E-state index < -0.39 is 0 Å². The number of nitrogens with two attached hydrogens (primary N) is 1. The molecule has 0 fully saturated rings. The van der Waals surface area contributed by atoms with Crippen LogP contribution in [0, 0.1) is 0 Å². The van der Waals surface area contributed by atoms with Gasteiger partial charge in [-0.25, -0.2) is 9.26 Å².